The van der Waals surface area contributed by atoms with Crippen LogP contribution in [-0.2, 0) is 6.54 Å². The van der Waals surface area contributed by atoms with Gasteiger partial charge in [-0.15, -0.1) is 0 Å². The van der Waals surface area contributed by atoms with E-state index in [0.29, 0.717) is 0 Å². The van der Waals surface area contributed by atoms with Crippen LogP contribution in [0.2, 0.25) is 0 Å². The van der Waals surface area contributed by atoms with Crippen LogP contribution in [0.5, 0.6) is 0 Å². The van der Waals surface area contributed by atoms with E-state index in [0.717, 1.165) is 23.9 Å². The first kappa shape index (κ1) is 6.27. The molecule has 1 aliphatic rings. The summed E-state index contributed by atoms with van der Waals surface area (Å²) in [5, 5.41) is 3.00. The summed E-state index contributed by atoms with van der Waals surface area (Å²) in [5.74, 6) is 0.872. The van der Waals surface area contributed by atoms with E-state index in [-0.39, 0.29) is 0 Å². The van der Waals surface area contributed by atoms with Gasteiger partial charge in [-0.25, -0.2) is 4.98 Å². The summed E-state index contributed by atoms with van der Waals surface area (Å²) >= 11 is 0. The van der Waals surface area contributed by atoms with E-state index in [1.54, 1.807) is 6.20 Å². The maximum atomic E-state index is 5.61. The standard InChI is InChI=1S/C7H10N4/c1-5-3-11-4-6(8)2-9-7(11)10-5/h2-3H,4,8H2,1H3,(H,9,10). The quantitative estimate of drug-likeness (QED) is 0.563. The largest absolute Gasteiger partial charge is 0.399 e. The third kappa shape index (κ3) is 0.960. The molecular weight excluding hydrogens is 140 g/mol. The second kappa shape index (κ2) is 2.02. The molecule has 4 heteroatoms. The molecule has 0 radical (unpaired) electrons. The van der Waals surface area contributed by atoms with Crippen molar-refractivity contribution in [2.75, 3.05) is 5.32 Å². The zero-order valence-electron chi connectivity index (χ0n) is 6.33. The van der Waals surface area contributed by atoms with E-state index in [1.807, 2.05) is 17.7 Å². The number of rotatable bonds is 0. The van der Waals surface area contributed by atoms with Gasteiger partial charge in [0, 0.05) is 18.1 Å². The molecule has 1 aliphatic heterocycles. The lowest BCUT2D eigenvalue weighted by Crippen LogP contribution is -2.16. The maximum Gasteiger partial charge on any atom is 0.207 e. The minimum absolute atomic E-state index is 0.739. The molecule has 0 spiro atoms. The van der Waals surface area contributed by atoms with E-state index < -0.39 is 0 Å². The van der Waals surface area contributed by atoms with Crippen molar-refractivity contribution in [2.24, 2.45) is 5.73 Å². The van der Waals surface area contributed by atoms with E-state index in [9.17, 15) is 0 Å². The van der Waals surface area contributed by atoms with Gasteiger partial charge in [0.2, 0.25) is 5.95 Å². The van der Waals surface area contributed by atoms with Gasteiger partial charge in [0.1, 0.15) is 0 Å². The highest BCUT2D eigenvalue weighted by Gasteiger charge is 2.08. The smallest absolute Gasteiger partial charge is 0.207 e. The zero-order chi connectivity index (χ0) is 7.84. The second-order valence-corrected chi connectivity index (χ2v) is 2.70. The van der Waals surface area contributed by atoms with E-state index >= 15 is 0 Å². The van der Waals surface area contributed by atoms with Gasteiger partial charge >= 0.3 is 0 Å². The van der Waals surface area contributed by atoms with Crippen LogP contribution in [-0.4, -0.2) is 9.55 Å². The highest BCUT2D eigenvalue weighted by Crippen LogP contribution is 2.13. The first-order valence-corrected chi connectivity index (χ1v) is 3.50. The van der Waals surface area contributed by atoms with E-state index in [1.165, 1.54) is 0 Å². The molecule has 0 aliphatic carbocycles. The predicted octanol–water partition coefficient (Wildman–Crippen LogP) is 0.417. The number of aryl methyl sites for hydroxylation is 1. The van der Waals surface area contributed by atoms with E-state index in [2.05, 4.69) is 10.3 Å². The molecule has 0 saturated heterocycles. The summed E-state index contributed by atoms with van der Waals surface area (Å²) in [4.78, 5) is 4.24. The fourth-order valence-corrected chi connectivity index (χ4v) is 1.18. The van der Waals surface area contributed by atoms with Crippen molar-refractivity contribution in [1.82, 2.24) is 9.55 Å². The van der Waals surface area contributed by atoms with Crippen molar-refractivity contribution in [3.05, 3.63) is 23.8 Å². The number of aromatic nitrogens is 2. The van der Waals surface area contributed by atoms with Gasteiger partial charge in [0.15, 0.2) is 0 Å². The van der Waals surface area contributed by atoms with Crippen LogP contribution in [0.4, 0.5) is 5.95 Å². The Morgan fingerprint density at radius 3 is 3.36 bits per heavy atom. The van der Waals surface area contributed by atoms with Crippen molar-refractivity contribution in [3.8, 4) is 0 Å². The molecule has 0 amide bonds. The fraction of sp³-hybridized carbons (Fsp3) is 0.286. The summed E-state index contributed by atoms with van der Waals surface area (Å²) in [6, 6.07) is 0. The summed E-state index contributed by atoms with van der Waals surface area (Å²) < 4.78 is 1.99. The van der Waals surface area contributed by atoms with Crippen LogP contribution < -0.4 is 11.1 Å². The lowest BCUT2D eigenvalue weighted by Gasteiger charge is -2.12. The number of nitrogens with one attached hydrogen (secondary N) is 1. The Balaban J connectivity index is 2.40. The van der Waals surface area contributed by atoms with Gasteiger partial charge in [-0.2, -0.15) is 0 Å². The van der Waals surface area contributed by atoms with Crippen LogP contribution in [0.15, 0.2) is 18.1 Å². The van der Waals surface area contributed by atoms with Crippen molar-refractivity contribution < 1.29 is 0 Å². The summed E-state index contributed by atoms with van der Waals surface area (Å²) in [6.45, 7) is 2.70. The highest BCUT2D eigenvalue weighted by atomic mass is 15.2. The number of nitrogens with two attached hydrogens (primary N) is 1. The minimum Gasteiger partial charge on any atom is -0.399 e. The van der Waals surface area contributed by atoms with Crippen molar-refractivity contribution >= 4 is 5.95 Å². The predicted molar refractivity (Wildman–Crippen MR) is 42.9 cm³/mol. The van der Waals surface area contributed by atoms with Crippen molar-refractivity contribution in [1.29, 1.82) is 0 Å². The number of allylic oxidation sites excluding steroid dienone is 1. The van der Waals surface area contributed by atoms with Gasteiger partial charge in [0.05, 0.1) is 12.2 Å². The third-order valence-electron chi connectivity index (χ3n) is 1.64. The Morgan fingerprint density at radius 1 is 1.73 bits per heavy atom. The molecule has 4 nitrogen and oxygen atoms in total. The summed E-state index contributed by atoms with van der Waals surface area (Å²) in [6.07, 6.45) is 3.75. The summed E-state index contributed by atoms with van der Waals surface area (Å²) in [7, 11) is 0. The average Bonchev–Trinajstić information content (AvgIpc) is 2.27. The highest BCUT2D eigenvalue weighted by molar-refractivity contribution is 5.37. The topological polar surface area (TPSA) is 55.9 Å². The molecule has 0 unspecified atom stereocenters. The van der Waals surface area contributed by atoms with Crippen LogP contribution in [0.1, 0.15) is 5.69 Å². The molecular formula is C7H10N4. The minimum atomic E-state index is 0.739. The van der Waals surface area contributed by atoms with Gasteiger partial charge in [-0.1, -0.05) is 0 Å². The number of hydrogen-bond donors (Lipinski definition) is 2. The molecule has 1 aromatic heterocycles. The molecule has 11 heavy (non-hydrogen) atoms. The molecule has 0 bridgehead atoms. The number of nitrogens with zero attached hydrogens (tertiary/aromatic N) is 2. The lowest BCUT2D eigenvalue weighted by molar-refractivity contribution is 0.764. The zero-order valence-corrected chi connectivity index (χ0v) is 6.33. The number of hydrogen-bond acceptors (Lipinski definition) is 3. The van der Waals surface area contributed by atoms with Crippen LogP contribution in [0.3, 0.4) is 0 Å². The fourth-order valence-electron chi connectivity index (χ4n) is 1.18. The van der Waals surface area contributed by atoms with Crippen LogP contribution >= 0.6 is 0 Å². The third-order valence-corrected chi connectivity index (χ3v) is 1.64. The molecule has 0 saturated carbocycles. The number of fused-ring (bicyclic) bond motifs is 1. The van der Waals surface area contributed by atoms with Crippen LogP contribution in [0, 0.1) is 6.92 Å². The molecule has 3 N–H and O–H groups in total. The Labute approximate surface area is 64.7 Å². The van der Waals surface area contributed by atoms with Gasteiger partial charge in [-0.3, -0.25) is 0 Å². The van der Waals surface area contributed by atoms with Gasteiger partial charge in [0.25, 0.3) is 0 Å². The van der Waals surface area contributed by atoms with Gasteiger partial charge in [-0.05, 0) is 6.92 Å². The number of imidazole rings is 1. The normalized spacial score (nSPS) is 15.2. The molecule has 2 rings (SSSR count). The molecule has 0 atom stereocenters. The first-order valence-electron chi connectivity index (χ1n) is 3.50. The number of anilines is 1. The average molecular weight is 150 g/mol. The Morgan fingerprint density at radius 2 is 2.55 bits per heavy atom. The lowest BCUT2D eigenvalue weighted by atomic mass is 10.4. The van der Waals surface area contributed by atoms with E-state index in [4.69, 9.17) is 5.73 Å². The molecule has 0 fully saturated rings. The second-order valence-electron chi connectivity index (χ2n) is 2.70. The van der Waals surface area contributed by atoms with Crippen molar-refractivity contribution in [2.45, 2.75) is 13.5 Å². The molecule has 0 aromatic carbocycles. The monoisotopic (exact) mass is 150 g/mol. The Bertz CT molecular complexity index is 310. The maximum absolute atomic E-state index is 5.61. The van der Waals surface area contributed by atoms with Crippen LogP contribution in [0.25, 0.3) is 0 Å². The molecule has 2 heterocycles. The molecule has 58 valence electrons. The van der Waals surface area contributed by atoms with Gasteiger partial charge < -0.3 is 15.6 Å². The Hall–Kier alpha value is -1.45. The van der Waals surface area contributed by atoms with Crippen molar-refractivity contribution in [3.63, 3.8) is 0 Å². The Kier molecular flexibility index (Phi) is 1.15. The first-order chi connectivity index (χ1) is 5.25. The SMILES string of the molecule is Cc1cn2c(n1)NC=C(N)C2. The summed E-state index contributed by atoms with van der Waals surface area (Å²) in [5.41, 5.74) is 7.45. The molecule has 1 aromatic rings.